The summed E-state index contributed by atoms with van der Waals surface area (Å²) in [6.45, 7) is 0. The van der Waals surface area contributed by atoms with E-state index in [9.17, 15) is 40.8 Å². The van der Waals surface area contributed by atoms with Gasteiger partial charge in [-0.3, -0.25) is 29.4 Å². The van der Waals surface area contributed by atoms with Gasteiger partial charge in [0.2, 0.25) is 11.8 Å². The van der Waals surface area contributed by atoms with E-state index in [1.807, 2.05) is 5.32 Å². The van der Waals surface area contributed by atoms with Crippen LogP contribution in [-0.4, -0.2) is 48.5 Å². The molecule has 3 rings (SSSR count). The van der Waals surface area contributed by atoms with Gasteiger partial charge in [0, 0.05) is 6.42 Å². The van der Waals surface area contributed by atoms with Crippen molar-refractivity contribution in [3.63, 3.8) is 0 Å². The fourth-order valence-electron chi connectivity index (χ4n) is 2.72. The number of hydrogen-bond donors (Lipinski definition) is 1. The molecular weight excluding hydrogens is 397 g/mol. The number of fused-ring (bicyclic) bond motifs is 1. The molecular formula is C14H9F3N2O7S. The Bertz CT molecular complexity index is 987. The van der Waals surface area contributed by atoms with Crippen molar-refractivity contribution in [1.29, 1.82) is 0 Å². The van der Waals surface area contributed by atoms with Gasteiger partial charge >= 0.3 is 15.6 Å². The first-order valence-corrected chi connectivity index (χ1v) is 8.70. The molecule has 1 unspecified atom stereocenters. The Balaban J connectivity index is 2.00. The molecule has 13 heteroatoms. The average molecular weight is 406 g/mol. The van der Waals surface area contributed by atoms with Crippen LogP contribution in [-0.2, 0) is 19.7 Å². The lowest BCUT2D eigenvalue weighted by Crippen LogP contribution is -2.54. The number of alkyl halides is 3. The fourth-order valence-corrected chi connectivity index (χ4v) is 3.19. The molecule has 0 saturated carbocycles. The first kappa shape index (κ1) is 18.8. The molecule has 2 heterocycles. The van der Waals surface area contributed by atoms with Crippen molar-refractivity contribution in [2.45, 2.75) is 24.4 Å². The zero-order chi connectivity index (χ0) is 20.1. The summed E-state index contributed by atoms with van der Waals surface area (Å²) in [4.78, 5) is 48.6. The SMILES string of the molecule is O=C1CCC(N2C(=O)c3cccc(OS(=O)(=O)C(F)(F)F)c3C2=O)C(=O)N1. The van der Waals surface area contributed by atoms with Crippen molar-refractivity contribution in [1.82, 2.24) is 10.2 Å². The van der Waals surface area contributed by atoms with Crippen LogP contribution in [0.1, 0.15) is 33.6 Å². The maximum Gasteiger partial charge on any atom is 0.534 e. The molecule has 1 fully saturated rings. The second kappa shape index (κ2) is 6.04. The third kappa shape index (κ3) is 3.03. The lowest BCUT2D eigenvalue weighted by atomic mass is 10.0. The van der Waals surface area contributed by atoms with E-state index in [1.165, 1.54) is 0 Å². The highest BCUT2D eigenvalue weighted by atomic mass is 32.2. The molecule has 4 amide bonds. The van der Waals surface area contributed by atoms with Crippen LogP contribution in [0.5, 0.6) is 5.75 Å². The lowest BCUT2D eigenvalue weighted by Gasteiger charge is -2.27. The van der Waals surface area contributed by atoms with Gasteiger partial charge in [-0.25, -0.2) is 0 Å². The summed E-state index contributed by atoms with van der Waals surface area (Å²) in [5.41, 5.74) is -6.87. The number of amides is 4. The third-order valence-electron chi connectivity index (χ3n) is 3.91. The molecule has 1 saturated heterocycles. The summed E-state index contributed by atoms with van der Waals surface area (Å²) in [6.07, 6.45) is -0.331. The van der Waals surface area contributed by atoms with E-state index in [1.54, 1.807) is 0 Å². The molecule has 1 aromatic rings. The number of rotatable bonds is 3. The lowest BCUT2D eigenvalue weighted by molar-refractivity contribution is -0.136. The van der Waals surface area contributed by atoms with Gasteiger partial charge in [0.25, 0.3) is 11.8 Å². The van der Waals surface area contributed by atoms with E-state index in [0.29, 0.717) is 4.90 Å². The number of nitrogens with one attached hydrogen (secondary N) is 1. The zero-order valence-electron chi connectivity index (χ0n) is 13.1. The normalized spacial score (nSPS) is 20.6. The summed E-state index contributed by atoms with van der Waals surface area (Å²) in [5.74, 6) is -4.73. The predicted octanol–water partition coefficient (Wildman–Crippen LogP) is 0.316. The van der Waals surface area contributed by atoms with E-state index in [0.717, 1.165) is 18.2 Å². The fraction of sp³-hybridized carbons (Fsp3) is 0.286. The Morgan fingerprint density at radius 2 is 1.78 bits per heavy atom. The van der Waals surface area contributed by atoms with Crippen molar-refractivity contribution in [2.75, 3.05) is 0 Å². The standard InChI is InChI=1S/C14H9F3N2O7S/c15-14(16,17)27(24,25)26-8-3-1-2-6-10(8)13(23)19(12(6)22)7-4-5-9(20)18-11(7)21/h1-3,7H,4-5H2,(H,18,20,21). The molecule has 0 aromatic heterocycles. The van der Waals surface area contributed by atoms with Gasteiger partial charge < -0.3 is 4.18 Å². The van der Waals surface area contributed by atoms with Crippen LogP contribution < -0.4 is 9.50 Å². The quantitative estimate of drug-likeness (QED) is 0.435. The first-order valence-electron chi connectivity index (χ1n) is 7.29. The molecule has 2 aliphatic rings. The van der Waals surface area contributed by atoms with Crippen molar-refractivity contribution in [2.24, 2.45) is 0 Å². The Morgan fingerprint density at radius 1 is 1.11 bits per heavy atom. The van der Waals surface area contributed by atoms with Gasteiger partial charge in [0.15, 0.2) is 5.75 Å². The molecule has 27 heavy (non-hydrogen) atoms. The molecule has 1 N–H and O–H groups in total. The highest BCUT2D eigenvalue weighted by Crippen LogP contribution is 2.36. The largest absolute Gasteiger partial charge is 0.534 e. The molecule has 0 spiro atoms. The third-order valence-corrected chi connectivity index (χ3v) is 4.88. The second-order valence-corrected chi connectivity index (χ2v) is 7.15. The number of nitrogens with zero attached hydrogens (tertiary/aromatic N) is 1. The molecule has 9 nitrogen and oxygen atoms in total. The number of piperidine rings is 1. The summed E-state index contributed by atoms with van der Waals surface area (Å²) in [5, 5.41) is 1.95. The molecule has 0 radical (unpaired) electrons. The van der Waals surface area contributed by atoms with E-state index < -0.39 is 62.2 Å². The topological polar surface area (TPSA) is 127 Å². The van der Waals surface area contributed by atoms with Crippen molar-refractivity contribution < 1.29 is 45.0 Å². The van der Waals surface area contributed by atoms with Crippen molar-refractivity contribution in [3.05, 3.63) is 29.3 Å². The Labute approximate surface area is 149 Å². The summed E-state index contributed by atoms with van der Waals surface area (Å²) in [7, 11) is -6.08. The zero-order valence-corrected chi connectivity index (χ0v) is 13.9. The number of halogens is 3. The van der Waals surface area contributed by atoms with Crippen LogP contribution in [0.4, 0.5) is 13.2 Å². The Kier molecular flexibility index (Phi) is 4.21. The number of carbonyl (C=O) groups excluding carboxylic acids is 4. The van der Waals surface area contributed by atoms with Gasteiger partial charge in [0.1, 0.15) is 6.04 Å². The first-order chi connectivity index (χ1) is 12.4. The van der Waals surface area contributed by atoms with Gasteiger partial charge in [0.05, 0.1) is 11.1 Å². The van der Waals surface area contributed by atoms with Crippen LogP contribution in [0.15, 0.2) is 18.2 Å². The smallest absolute Gasteiger partial charge is 0.375 e. The van der Waals surface area contributed by atoms with Crippen LogP contribution in [0.25, 0.3) is 0 Å². The Hall–Kier alpha value is -2.96. The van der Waals surface area contributed by atoms with E-state index in [4.69, 9.17) is 0 Å². The molecule has 0 aliphatic carbocycles. The van der Waals surface area contributed by atoms with Crippen LogP contribution >= 0.6 is 0 Å². The monoisotopic (exact) mass is 406 g/mol. The minimum atomic E-state index is -6.08. The second-order valence-electron chi connectivity index (χ2n) is 5.61. The number of carbonyl (C=O) groups is 4. The van der Waals surface area contributed by atoms with Gasteiger partial charge in [-0.05, 0) is 18.6 Å². The molecule has 1 aromatic carbocycles. The summed E-state index contributed by atoms with van der Waals surface area (Å²) >= 11 is 0. The maximum atomic E-state index is 12.6. The van der Waals surface area contributed by atoms with Crippen molar-refractivity contribution >= 4 is 33.7 Å². The molecule has 0 bridgehead atoms. The van der Waals surface area contributed by atoms with Gasteiger partial charge in [-0.2, -0.15) is 21.6 Å². The molecule has 1 atom stereocenters. The van der Waals surface area contributed by atoms with E-state index in [2.05, 4.69) is 4.18 Å². The van der Waals surface area contributed by atoms with E-state index in [-0.39, 0.29) is 12.8 Å². The Morgan fingerprint density at radius 3 is 2.37 bits per heavy atom. The average Bonchev–Trinajstić information content (AvgIpc) is 2.79. The van der Waals surface area contributed by atoms with Crippen LogP contribution in [0.3, 0.4) is 0 Å². The summed E-state index contributed by atoms with van der Waals surface area (Å²) < 4.78 is 64.1. The minimum absolute atomic E-state index is 0.157. The van der Waals surface area contributed by atoms with Gasteiger partial charge in [-0.1, -0.05) is 6.07 Å². The highest BCUT2D eigenvalue weighted by molar-refractivity contribution is 7.88. The molecule has 2 aliphatic heterocycles. The van der Waals surface area contributed by atoms with Crippen molar-refractivity contribution in [3.8, 4) is 5.75 Å². The van der Waals surface area contributed by atoms with Crippen LogP contribution in [0.2, 0.25) is 0 Å². The van der Waals surface area contributed by atoms with Crippen LogP contribution in [0, 0.1) is 0 Å². The highest BCUT2D eigenvalue weighted by Gasteiger charge is 2.51. The number of hydrogen-bond acceptors (Lipinski definition) is 7. The van der Waals surface area contributed by atoms with Gasteiger partial charge in [-0.15, -0.1) is 0 Å². The summed E-state index contributed by atoms with van der Waals surface area (Å²) in [6, 6.07) is 1.52. The number of benzene rings is 1. The maximum absolute atomic E-state index is 12.6. The number of imide groups is 2. The predicted molar refractivity (Wildman–Crippen MR) is 78.7 cm³/mol. The minimum Gasteiger partial charge on any atom is -0.375 e. The molecule has 144 valence electrons. The van der Waals surface area contributed by atoms with E-state index >= 15 is 0 Å².